The summed E-state index contributed by atoms with van der Waals surface area (Å²) in [6, 6.07) is 37.7. The van der Waals surface area contributed by atoms with E-state index in [1.807, 2.05) is 15.9 Å². The van der Waals surface area contributed by atoms with Gasteiger partial charge >= 0.3 is 0 Å². The third-order valence-corrected chi connectivity index (χ3v) is 10.2. The second-order valence-electron chi connectivity index (χ2n) is 11.3. The van der Waals surface area contributed by atoms with Crippen molar-refractivity contribution < 1.29 is 0 Å². The number of rotatable bonds is 2. The van der Waals surface area contributed by atoms with E-state index in [-0.39, 0.29) is 6.04 Å². The van der Waals surface area contributed by atoms with Crippen molar-refractivity contribution in [2.45, 2.75) is 12.0 Å². The Morgan fingerprint density at radius 2 is 1.52 bits per heavy atom. The third kappa shape index (κ3) is 2.98. The number of nitrogens with zero attached hydrogens (tertiary/aromatic N) is 4. The minimum atomic E-state index is 0.254. The van der Waals surface area contributed by atoms with Gasteiger partial charge in [0.05, 0.1) is 17.1 Å². The van der Waals surface area contributed by atoms with Crippen molar-refractivity contribution in [1.29, 1.82) is 0 Å². The molecule has 42 heavy (non-hydrogen) atoms. The van der Waals surface area contributed by atoms with Crippen LogP contribution in [-0.4, -0.2) is 20.2 Å². The summed E-state index contributed by atoms with van der Waals surface area (Å²) in [5, 5.41) is 11.5. The second-order valence-corrected chi connectivity index (χ2v) is 12.3. The van der Waals surface area contributed by atoms with Crippen molar-refractivity contribution in [2.75, 3.05) is 4.90 Å². The van der Waals surface area contributed by atoms with Gasteiger partial charge in [-0.05, 0) is 47.3 Å². The van der Waals surface area contributed by atoms with Gasteiger partial charge in [-0.1, -0.05) is 85.0 Å². The van der Waals surface area contributed by atoms with Gasteiger partial charge in [-0.2, -0.15) is 0 Å². The van der Waals surface area contributed by atoms with Crippen LogP contribution < -0.4 is 4.90 Å². The summed E-state index contributed by atoms with van der Waals surface area (Å²) in [5.74, 6) is 1.24. The van der Waals surface area contributed by atoms with E-state index in [0.29, 0.717) is 5.92 Å². The molecule has 8 aromatic rings. The molecule has 5 heteroatoms. The fraction of sp³-hybridized carbons (Fsp3) is 0.0541. The molecule has 5 heterocycles. The van der Waals surface area contributed by atoms with E-state index in [1.54, 1.807) is 0 Å². The number of hydrogen-bond donors (Lipinski definition) is 0. The number of hydrogen-bond acceptors (Lipinski definition) is 3. The van der Waals surface area contributed by atoms with Crippen LogP contribution in [0.4, 0.5) is 11.4 Å². The predicted molar refractivity (Wildman–Crippen MR) is 176 cm³/mol. The zero-order valence-electron chi connectivity index (χ0n) is 22.6. The van der Waals surface area contributed by atoms with Gasteiger partial charge < -0.3 is 4.90 Å². The molecule has 0 bridgehead atoms. The highest BCUT2D eigenvalue weighted by atomic mass is 32.1. The molecule has 0 saturated heterocycles. The minimum Gasteiger partial charge on any atom is -0.333 e. The molecule has 4 aromatic carbocycles. The fourth-order valence-electron chi connectivity index (χ4n) is 7.20. The maximum absolute atomic E-state index is 5.16. The highest BCUT2D eigenvalue weighted by Crippen LogP contribution is 2.51. The normalized spacial score (nSPS) is 17.8. The number of aromatic nitrogens is 3. The molecule has 1 aliphatic heterocycles. The fourth-order valence-corrected chi connectivity index (χ4v) is 8.44. The second kappa shape index (κ2) is 8.21. The first-order chi connectivity index (χ1) is 20.8. The number of benzene rings is 4. The first-order valence-electron chi connectivity index (χ1n) is 14.4. The van der Waals surface area contributed by atoms with Gasteiger partial charge in [0.2, 0.25) is 0 Å². The summed E-state index contributed by atoms with van der Waals surface area (Å²) >= 11 is 1.85. The number of thiophene rings is 1. The van der Waals surface area contributed by atoms with Crippen molar-refractivity contribution in [3.05, 3.63) is 139 Å². The first kappa shape index (κ1) is 22.5. The number of pyridine rings is 1. The molecule has 10 rings (SSSR count). The minimum absolute atomic E-state index is 0.254. The highest BCUT2D eigenvalue weighted by Gasteiger charge is 2.38. The van der Waals surface area contributed by atoms with Crippen LogP contribution in [0.3, 0.4) is 0 Å². The van der Waals surface area contributed by atoms with Gasteiger partial charge in [0.1, 0.15) is 4.83 Å². The van der Waals surface area contributed by atoms with E-state index in [1.165, 1.54) is 58.9 Å². The number of anilines is 2. The van der Waals surface area contributed by atoms with Gasteiger partial charge in [-0.3, -0.25) is 4.57 Å². The smallest absolute Gasteiger partial charge is 0.161 e. The molecule has 1 aliphatic carbocycles. The monoisotopic (exact) mass is 556 g/mol. The summed E-state index contributed by atoms with van der Waals surface area (Å²) in [5.41, 5.74) is 6.18. The lowest BCUT2D eigenvalue weighted by atomic mass is 9.91. The molecule has 2 aliphatic rings. The zero-order valence-corrected chi connectivity index (χ0v) is 23.4. The number of allylic oxidation sites excluding steroid dienone is 2. The van der Waals surface area contributed by atoms with E-state index in [0.717, 1.165) is 11.3 Å². The van der Waals surface area contributed by atoms with Crippen molar-refractivity contribution in [1.82, 2.24) is 14.2 Å². The van der Waals surface area contributed by atoms with Crippen LogP contribution in [0, 0.1) is 0 Å². The van der Waals surface area contributed by atoms with Crippen molar-refractivity contribution in [3.63, 3.8) is 0 Å². The molecule has 2 atom stereocenters. The Kier molecular flexibility index (Phi) is 4.41. The lowest BCUT2D eigenvalue weighted by Crippen LogP contribution is -2.28. The van der Waals surface area contributed by atoms with Gasteiger partial charge in [0.15, 0.2) is 5.82 Å². The van der Waals surface area contributed by atoms with Crippen LogP contribution in [0.1, 0.15) is 11.5 Å². The SMILES string of the molecule is C1=CC2c3cc4c(cc3N(c3ccccc3)C2C=C1)c1c2ccccc2sc1n4-c1cc2cc3ccccc3cn2n1. The molecule has 0 saturated carbocycles. The van der Waals surface area contributed by atoms with Crippen LogP contribution in [0.25, 0.3) is 53.3 Å². The standard InChI is InChI=1S/C37H24N4S/c1-2-12-25(13-3-1)40-31-16-8-6-14-27(31)29-20-33-30(21-32(29)40)36-28-15-7-9-17-34(28)42-37(36)41(33)35-19-26-18-23-10-4-5-11-24(23)22-39(26)38-35/h1-22,27,31H. The Morgan fingerprint density at radius 1 is 0.714 bits per heavy atom. The maximum atomic E-state index is 5.16. The Hall–Kier alpha value is -5.13. The Balaban J connectivity index is 1.31. The molecule has 0 N–H and O–H groups in total. The summed E-state index contributed by atoms with van der Waals surface area (Å²) in [6.07, 6.45) is 11.2. The van der Waals surface area contributed by atoms with Gasteiger partial charge in [-0.15, -0.1) is 16.4 Å². The van der Waals surface area contributed by atoms with Crippen LogP contribution in [0.5, 0.6) is 0 Å². The van der Waals surface area contributed by atoms with Crippen molar-refractivity contribution >= 4 is 70.2 Å². The van der Waals surface area contributed by atoms with Crippen LogP contribution in [0.15, 0.2) is 134 Å². The molecule has 0 spiro atoms. The summed E-state index contributed by atoms with van der Waals surface area (Å²) in [4.78, 5) is 3.76. The van der Waals surface area contributed by atoms with Gasteiger partial charge in [0.25, 0.3) is 0 Å². The number of fused-ring (bicyclic) bond motifs is 10. The predicted octanol–water partition coefficient (Wildman–Crippen LogP) is 9.53. The van der Waals surface area contributed by atoms with Crippen LogP contribution in [-0.2, 0) is 0 Å². The van der Waals surface area contributed by atoms with Gasteiger partial charge in [-0.25, -0.2) is 4.52 Å². The first-order valence-corrected chi connectivity index (χ1v) is 15.2. The Morgan fingerprint density at radius 3 is 2.45 bits per heavy atom. The lowest BCUT2D eigenvalue weighted by Gasteiger charge is -2.28. The Labute approximate surface area is 245 Å². The van der Waals surface area contributed by atoms with E-state index in [4.69, 9.17) is 5.10 Å². The number of para-hydroxylation sites is 1. The van der Waals surface area contributed by atoms with Crippen molar-refractivity contribution in [2.24, 2.45) is 0 Å². The van der Waals surface area contributed by atoms with E-state index in [2.05, 4.69) is 143 Å². The average Bonchev–Trinajstić information content (AvgIpc) is 3.77. The van der Waals surface area contributed by atoms with Crippen LogP contribution in [0.2, 0.25) is 0 Å². The molecule has 0 amide bonds. The quantitative estimate of drug-likeness (QED) is 0.212. The zero-order chi connectivity index (χ0) is 27.4. The molecule has 198 valence electrons. The summed E-state index contributed by atoms with van der Waals surface area (Å²) < 4.78 is 5.72. The van der Waals surface area contributed by atoms with Gasteiger partial charge in [0, 0.05) is 55.8 Å². The summed E-state index contributed by atoms with van der Waals surface area (Å²) in [7, 11) is 0. The van der Waals surface area contributed by atoms with E-state index < -0.39 is 0 Å². The molecule has 4 nitrogen and oxygen atoms in total. The molecule has 4 aromatic heterocycles. The lowest BCUT2D eigenvalue weighted by molar-refractivity contribution is 0.745. The highest BCUT2D eigenvalue weighted by molar-refractivity contribution is 7.25. The third-order valence-electron chi connectivity index (χ3n) is 9.03. The summed E-state index contributed by atoms with van der Waals surface area (Å²) in [6.45, 7) is 0. The molecular formula is C37H24N4S. The largest absolute Gasteiger partial charge is 0.333 e. The molecule has 0 fully saturated rings. The topological polar surface area (TPSA) is 25.5 Å². The molecular weight excluding hydrogens is 533 g/mol. The molecule has 2 unspecified atom stereocenters. The molecule has 0 radical (unpaired) electrons. The van der Waals surface area contributed by atoms with Crippen LogP contribution >= 0.6 is 11.3 Å². The average molecular weight is 557 g/mol. The maximum Gasteiger partial charge on any atom is 0.161 e. The Bertz CT molecular complexity index is 2390. The van der Waals surface area contributed by atoms with Crippen molar-refractivity contribution in [3.8, 4) is 5.82 Å². The van der Waals surface area contributed by atoms with E-state index in [9.17, 15) is 0 Å². The van der Waals surface area contributed by atoms with E-state index >= 15 is 0 Å².